The second-order valence-electron chi connectivity index (χ2n) is 4.07. The Kier molecular flexibility index (Phi) is 4.53. The number of nitrogen functional groups attached to an aromatic ring is 1. The first-order valence-corrected chi connectivity index (χ1v) is 6.93. The number of anilines is 2. The van der Waals surface area contributed by atoms with Crippen molar-refractivity contribution in [2.24, 2.45) is 7.05 Å². The van der Waals surface area contributed by atoms with Crippen molar-refractivity contribution in [3.63, 3.8) is 0 Å². The van der Waals surface area contributed by atoms with Crippen LogP contribution in [0.4, 0.5) is 11.5 Å². The molecule has 0 fully saturated rings. The number of aryl methyl sites for hydroxylation is 2. The zero-order chi connectivity index (χ0) is 12.3. The van der Waals surface area contributed by atoms with Gasteiger partial charge in [-0.25, -0.2) is 0 Å². The first kappa shape index (κ1) is 13.2. The zero-order valence-electron chi connectivity index (χ0n) is 10.8. The smallest absolute Gasteiger partial charge is 0.150 e. The molecule has 92 valence electrons. The number of nitrogens with two attached hydrogens (primary N) is 1. The fourth-order valence-electron chi connectivity index (χ4n) is 1.95. The molecule has 0 aromatic carbocycles. The van der Waals surface area contributed by atoms with Crippen LogP contribution in [-0.4, -0.2) is 34.9 Å². The summed E-state index contributed by atoms with van der Waals surface area (Å²) in [6.07, 6.45) is 3.25. The molecule has 0 bridgehead atoms. The lowest BCUT2D eigenvalue weighted by Crippen LogP contribution is -2.35. The molecule has 1 unspecified atom stereocenters. The van der Waals surface area contributed by atoms with Crippen LogP contribution in [0, 0.1) is 6.92 Å². The van der Waals surface area contributed by atoms with Gasteiger partial charge in [-0.1, -0.05) is 6.92 Å². The molecule has 0 saturated heterocycles. The highest BCUT2D eigenvalue weighted by molar-refractivity contribution is 7.98. The van der Waals surface area contributed by atoms with Crippen molar-refractivity contribution in [1.82, 2.24) is 9.78 Å². The Morgan fingerprint density at radius 2 is 2.19 bits per heavy atom. The van der Waals surface area contributed by atoms with Crippen molar-refractivity contribution < 1.29 is 0 Å². The fourth-order valence-corrected chi connectivity index (χ4v) is 2.79. The van der Waals surface area contributed by atoms with Gasteiger partial charge in [0.1, 0.15) is 5.82 Å². The van der Waals surface area contributed by atoms with Gasteiger partial charge in [-0.3, -0.25) is 4.68 Å². The Balaban J connectivity index is 2.98. The highest BCUT2D eigenvalue weighted by Gasteiger charge is 2.19. The molecule has 4 nitrogen and oxygen atoms in total. The minimum Gasteiger partial charge on any atom is -0.394 e. The van der Waals surface area contributed by atoms with Gasteiger partial charge in [-0.05, 0) is 19.6 Å². The molecule has 0 amide bonds. The first-order valence-electron chi connectivity index (χ1n) is 5.53. The standard InChI is InChI=1S/C11H22N4S/c1-6-9(7-16-5)14(3)11-10(12)8(2)13-15(11)4/h9H,6-7,12H2,1-5H3. The second kappa shape index (κ2) is 5.48. The van der Waals surface area contributed by atoms with Crippen molar-refractivity contribution in [3.8, 4) is 0 Å². The molecule has 0 aliphatic carbocycles. The van der Waals surface area contributed by atoms with E-state index < -0.39 is 0 Å². The fraction of sp³-hybridized carbons (Fsp3) is 0.727. The predicted octanol–water partition coefficient (Wildman–Crippen LogP) is 1.89. The summed E-state index contributed by atoms with van der Waals surface area (Å²) in [6.45, 7) is 4.15. The average molecular weight is 242 g/mol. The Hall–Kier alpha value is -0.840. The molecule has 5 heteroatoms. The third-order valence-electron chi connectivity index (χ3n) is 2.95. The maximum atomic E-state index is 6.06. The average Bonchev–Trinajstić information content (AvgIpc) is 2.49. The van der Waals surface area contributed by atoms with E-state index in [1.807, 2.05) is 30.4 Å². The molecule has 1 atom stereocenters. The summed E-state index contributed by atoms with van der Waals surface area (Å²) in [4.78, 5) is 2.24. The Morgan fingerprint density at radius 3 is 2.56 bits per heavy atom. The molecular weight excluding hydrogens is 220 g/mol. The van der Waals surface area contributed by atoms with E-state index in [2.05, 4.69) is 30.2 Å². The number of aromatic nitrogens is 2. The maximum absolute atomic E-state index is 6.06. The molecule has 16 heavy (non-hydrogen) atoms. The van der Waals surface area contributed by atoms with Crippen LogP contribution in [-0.2, 0) is 7.05 Å². The van der Waals surface area contributed by atoms with Crippen LogP contribution in [0.25, 0.3) is 0 Å². The number of rotatable bonds is 5. The van der Waals surface area contributed by atoms with Crippen LogP contribution in [0.5, 0.6) is 0 Å². The largest absolute Gasteiger partial charge is 0.394 e. The topological polar surface area (TPSA) is 47.1 Å². The van der Waals surface area contributed by atoms with E-state index in [0.29, 0.717) is 6.04 Å². The normalized spacial score (nSPS) is 12.8. The van der Waals surface area contributed by atoms with E-state index in [-0.39, 0.29) is 0 Å². The van der Waals surface area contributed by atoms with E-state index >= 15 is 0 Å². The van der Waals surface area contributed by atoms with Crippen LogP contribution in [0.2, 0.25) is 0 Å². The first-order chi connectivity index (χ1) is 7.52. The van der Waals surface area contributed by atoms with E-state index in [0.717, 1.165) is 29.4 Å². The van der Waals surface area contributed by atoms with Gasteiger partial charge in [0, 0.05) is 25.9 Å². The summed E-state index contributed by atoms with van der Waals surface area (Å²) in [5, 5.41) is 4.35. The zero-order valence-corrected chi connectivity index (χ0v) is 11.6. The highest BCUT2D eigenvalue weighted by atomic mass is 32.2. The number of nitrogens with zero attached hydrogens (tertiary/aromatic N) is 3. The summed E-state index contributed by atoms with van der Waals surface area (Å²) in [5.74, 6) is 2.13. The Bertz CT molecular complexity index is 348. The van der Waals surface area contributed by atoms with E-state index in [9.17, 15) is 0 Å². The van der Waals surface area contributed by atoms with Crippen LogP contribution >= 0.6 is 11.8 Å². The lowest BCUT2D eigenvalue weighted by molar-refractivity contribution is 0.637. The SMILES string of the molecule is CCC(CSC)N(C)c1c(N)c(C)nn1C. The highest BCUT2D eigenvalue weighted by Crippen LogP contribution is 2.27. The van der Waals surface area contributed by atoms with Crippen LogP contribution in [0.1, 0.15) is 19.0 Å². The Morgan fingerprint density at radius 1 is 1.56 bits per heavy atom. The lowest BCUT2D eigenvalue weighted by Gasteiger charge is -2.28. The minimum absolute atomic E-state index is 0.507. The van der Waals surface area contributed by atoms with E-state index in [1.165, 1.54) is 0 Å². The molecule has 1 aromatic heterocycles. The van der Waals surface area contributed by atoms with Gasteiger partial charge in [-0.2, -0.15) is 16.9 Å². The van der Waals surface area contributed by atoms with Crippen molar-refractivity contribution in [1.29, 1.82) is 0 Å². The molecule has 2 N–H and O–H groups in total. The van der Waals surface area contributed by atoms with Gasteiger partial charge in [0.05, 0.1) is 11.4 Å². The molecule has 0 spiro atoms. The van der Waals surface area contributed by atoms with Crippen LogP contribution < -0.4 is 10.6 Å². The van der Waals surface area contributed by atoms with Gasteiger partial charge in [0.2, 0.25) is 0 Å². The minimum atomic E-state index is 0.507. The molecule has 0 saturated carbocycles. The summed E-state index contributed by atoms with van der Waals surface area (Å²) < 4.78 is 1.87. The summed E-state index contributed by atoms with van der Waals surface area (Å²) in [7, 11) is 4.04. The van der Waals surface area contributed by atoms with Crippen LogP contribution in [0.15, 0.2) is 0 Å². The van der Waals surface area contributed by atoms with Gasteiger partial charge in [-0.15, -0.1) is 0 Å². The quantitative estimate of drug-likeness (QED) is 0.856. The number of thioether (sulfide) groups is 1. The molecule has 0 aliphatic rings. The third kappa shape index (κ3) is 2.45. The lowest BCUT2D eigenvalue weighted by atomic mass is 10.2. The van der Waals surface area contributed by atoms with Crippen molar-refractivity contribution >= 4 is 23.3 Å². The van der Waals surface area contributed by atoms with Gasteiger partial charge in [0.25, 0.3) is 0 Å². The van der Waals surface area contributed by atoms with E-state index in [1.54, 1.807) is 0 Å². The molecule has 1 aromatic rings. The Labute approximate surface area is 102 Å². The summed E-state index contributed by atoms with van der Waals surface area (Å²) >= 11 is 1.86. The predicted molar refractivity (Wildman–Crippen MR) is 73.2 cm³/mol. The van der Waals surface area contributed by atoms with Crippen molar-refractivity contribution in [3.05, 3.63) is 5.69 Å². The third-order valence-corrected chi connectivity index (χ3v) is 3.67. The van der Waals surface area contributed by atoms with Gasteiger partial charge < -0.3 is 10.6 Å². The summed E-state index contributed by atoms with van der Waals surface area (Å²) in [5.41, 5.74) is 7.76. The molecule has 1 rings (SSSR count). The molecule has 1 heterocycles. The molecule has 0 aliphatic heterocycles. The summed E-state index contributed by atoms with van der Waals surface area (Å²) in [6, 6.07) is 0.507. The second-order valence-corrected chi connectivity index (χ2v) is 4.99. The maximum Gasteiger partial charge on any atom is 0.150 e. The molecular formula is C11H22N4S. The van der Waals surface area contributed by atoms with Gasteiger partial charge in [0.15, 0.2) is 0 Å². The molecule has 0 radical (unpaired) electrons. The monoisotopic (exact) mass is 242 g/mol. The van der Waals surface area contributed by atoms with Crippen LogP contribution in [0.3, 0.4) is 0 Å². The number of hydrogen-bond acceptors (Lipinski definition) is 4. The van der Waals surface area contributed by atoms with Crippen molar-refractivity contribution in [2.45, 2.75) is 26.3 Å². The number of hydrogen-bond donors (Lipinski definition) is 1. The van der Waals surface area contributed by atoms with Gasteiger partial charge >= 0.3 is 0 Å². The van der Waals surface area contributed by atoms with Crippen molar-refractivity contribution in [2.75, 3.05) is 29.7 Å². The van der Waals surface area contributed by atoms with E-state index in [4.69, 9.17) is 5.73 Å².